The number of rotatable bonds is 15. The van der Waals surface area contributed by atoms with Gasteiger partial charge in [0.25, 0.3) is 0 Å². The van der Waals surface area contributed by atoms with E-state index in [2.05, 4.69) is 18.6 Å². The molecule has 0 aromatic heterocycles. The molecule has 1 aromatic rings. The standard InChI is InChI=1S/C49H77NO12S/c1-12-36(45(53)54)38-20-17-29(5)43(59-38)33(9)41(51)32(8)42(52)37(13-2)44-30(6)27-31(7)48(60-44)24-21-39(50-63(56,57)35-18-15-28(4)16-19-35)49(62-48)26-25-46(11,61-49)40-22-23-47(55,14-3)34(10)58-40/h15-16,18-19,21,24,29-34,36-41,43-44,50-51,55H,12-14,17,20,22-23,25-27H2,1-11H3,(H,53,54)/t29-,30-,31+,32-,33-,34-,36+,37-,38+,39+,40+,41+,43+,44-,46-,47+,48-,49-/m0/s1. The number of aryl methyl sites for hydroxylation is 1. The van der Waals surface area contributed by atoms with Gasteiger partial charge in [-0.1, -0.05) is 79.2 Å². The summed E-state index contributed by atoms with van der Waals surface area (Å²) in [5.74, 6) is -6.61. The van der Waals surface area contributed by atoms with Crippen molar-refractivity contribution in [1.29, 1.82) is 0 Å². The van der Waals surface area contributed by atoms with Gasteiger partial charge in [-0.2, -0.15) is 4.72 Å². The molecule has 6 rings (SSSR count). The number of hydrogen-bond donors (Lipinski definition) is 4. The molecule has 4 N–H and O–H groups in total. The van der Waals surface area contributed by atoms with Crippen molar-refractivity contribution in [2.24, 2.45) is 41.4 Å². The number of benzene rings is 1. The molecule has 5 aliphatic heterocycles. The average Bonchev–Trinajstić information content (AvgIpc) is 3.58. The van der Waals surface area contributed by atoms with Gasteiger partial charge in [0.05, 0.1) is 64.7 Å². The van der Waals surface area contributed by atoms with Crippen molar-refractivity contribution in [3.05, 3.63) is 42.0 Å². The van der Waals surface area contributed by atoms with E-state index in [1.165, 1.54) is 0 Å². The second-order valence-electron chi connectivity index (χ2n) is 20.4. The van der Waals surface area contributed by atoms with Gasteiger partial charge in [0.15, 0.2) is 11.6 Å². The van der Waals surface area contributed by atoms with Crippen molar-refractivity contribution in [2.45, 2.75) is 211 Å². The molecular weight excluding hydrogens is 827 g/mol. The van der Waals surface area contributed by atoms with Gasteiger partial charge in [0.1, 0.15) is 5.78 Å². The number of aliphatic hydroxyl groups is 2. The number of sulfonamides is 1. The Bertz CT molecular complexity index is 1910. The Labute approximate surface area is 376 Å². The number of hydrogen-bond acceptors (Lipinski definition) is 11. The van der Waals surface area contributed by atoms with E-state index in [9.17, 15) is 33.3 Å². The third-order valence-electron chi connectivity index (χ3n) is 16.1. The zero-order valence-corrected chi connectivity index (χ0v) is 40.4. The van der Waals surface area contributed by atoms with Gasteiger partial charge >= 0.3 is 5.97 Å². The molecule has 5 heterocycles. The second kappa shape index (κ2) is 19.1. The molecular formula is C49H77NO12S. The second-order valence-corrected chi connectivity index (χ2v) is 22.1. The predicted octanol–water partition coefficient (Wildman–Crippen LogP) is 7.48. The summed E-state index contributed by atoms with van der Waals surface area (Å²) < 4.78 is 65.4. The molecule has 356 valence electrons. The number of nitrogens with one attached hydrogen (secondary N) is 1. The quantitative estimate of drug-likeness (QED) is 0.127. The van der Waals surface area contributed by atoms with E-state index in [1.807, 2.05) is 55.4 Å². The van der Waals surface area contributed by atoms with Gasteiger partial charge in [-0.15, -0.1) is 0 Å². The predicted molar refractivity (Wildman–Crippen MR) is 238 cm³/mol. The number of ether oxygens (including phenoxy) is 5. The number of Topliss-reactive ketones (excluding diaryl/α,β-unsaturated/α-hetero) is 1. The number of aliphatic hydroxyl groups excluding tert-OH is 1. The average molecular weight is 904 g/mol. The lowest BCUT2D eigenvalue weighted by molar-refractivity contribution is -0.397. The lowest BCUT2D eigenvalue weighted by Gasteiger charge is -2.55. The summed E-state index contributed by atoms with van der Waals surface area (Å²) in [5, 5.41) is 33.0. The molecule has 0 amide bonds. The number of aliphatic carboxylic acids is 1. The van der Waals surface area contributed by atoms with Crippen LogP contribution in [0.1, 0.15) is 139 Å². The molecule has 4 saturated heterocycles. The topological polar surface area (TPSA) is 187 Å². The van der Waals surface area contributed by atoms with Gasteiger partial charge in [-0.05, 0) is 109 Å². The summed E-state index contributed by atoms with van der Waals surface area (Å²) >= 11 is 0. The fourth-order valence-corrected chi connectivity index (χ4v) is 12.8. The largest absolute Gasteiger partial charge is 0.481 e. The van der Waals surface area contributed by atoms with Crippen molar-refractivity contribution >= 4 is 21.8 Å². The van der Waals surface area contributed by atoms with Crippen molar-refractivity contribution in [3.63, 3.8) is 0 Å². The summed E-state index contributed by atoms with van der Waals surface area (Å²) in [6.07, 6.45) is 5.56. The molecule has 0 radical (unpaired) electrons. The lowest BCUT2D eigenvalue weighted by Crippen LogP contribution is -2.65. The zero-order chi connectivity index (χ0) is 46.4. The molecule has 0 aliphatic carbocycles. The molecule has 4 fully saturated rings. The van der Waals surface area contributed by atoms with Crippen molar-refractivity contribution in [3.8, 4) is 0 Å². The monoisotopic (exact) mass is 904 g/mol. The first kappa shape index (κ1) is 50.1. The minimum absolute atomic E-state index is 0.0688. The summed E-state index contributed by atoms with van der Waals surface area (Å²) in [7, 11) is -4.05. The molecule has 18 atom stereocenters. The maximum Gasteiger partial charge on any atom is 0.309 e. The molecule has 13 nitrogen and oxygen atoms in total. The number of carbonyl (C=O) groups is 2. The number of ketones is 1. The minimum atomic E-state index is -4.05. The molecule has 63 heavy (non-hydrogen) atoms. The van der Waals surface area contributed by atoms with Crippen molar-refractivity contribution in [2.75, 3.05) is 0 Å². The van der Waals surface area contributed by atoms with E-state index in [4.69, 9.17) is 23.7 Å². The zero-order valence-electron chi connectivity index (χ0n) is 39.5. The molecule has 2 spiro atoms. The summed E-state index contributed by atoms with van der Waals surface area (Å²) in [6.45, 7) is 21.3. The third-order valence-corrected chi connectivity index (χ3v) is 17.5. The Morgan fingerprint density at radius 2 is 1.56 bits per heavy atom. The highest BCUT2D eigenvalue weighted by Crippen LogP contribution is 2.54. The Hall–Kier alpha value is -2.27. The minimum Gasteiger partial charge on any atom is -0.481 e. The smallest absolute Gasteiger partial charge is 0.309 e. The fraction of sp³-hybridized carbons (Fsp3) is 0.796. The Kier molecular flexibility index (Phi) is 15.2. The van der Waals surface area contributed by atoms with Crippen LogP contribution in [-0.2, 0) is 43.3 Å². The van der Waals surface area contributed by atoms with E-state index < -0.39 is 105 Å². The lowest BCUT2D eigenvalue weighted by atomic mass is 9.72. The van der Waals surface area contributed by atoms with Crippen molar-refractivity contribution < 1.29 is 57.0 Å². The molecule has 0 bridgehead atoms. The fourth-order valence-electron chi connectivity index (χ4n) is 11.6. The van der Waals surface area contributed by atoms with Gasteiger partial charge in [-0.3, -0.25) is 9.59 Å². The van der Waals surface area contributed by atoms with E-state index in [-0.39, 0.29) is 28.4 Å². The van der Waals surface area contributed by atoms with Gasteiger partial charge in [-0.25, -0.2) is 8.42 Å². The SMILES string of the molecule is CC[C@@H](C(=O)[C@@H](C)[C@@H](O)[C@H](C)[C@@H]1O[C@@H]([C@@H](CC)C(=O)O)CC[C@@H]1C)[C@H]1O[C@]2(C=C[C@@H](NS(=O)(=O)c3ccc(C)cc3)[C@]3(CC[C@@](C)([C@H]4CC[C@](O)(CC)[C@H](C)O4)O3)O2)[C@H](C)C[C@@H]1C. The highest BCUT2D eigenvalue weighted by Gasteiger charge is 2.64. The van der Waals surface area contributed by atoms with Crippen LogP contribution >= 0.6 is 0 Å². The highest BCUT2D eigenvalue weighted by molar-refractivity contribution is 7.89. The van der Waals surface area contributed by atoms with Crippen LogP contribution in [0.15, 0.2) is 41.3 Å². The van der Waals surface area contributed by atoms with Crippen LogP contribution in [0.5, 0.6) is 0 Å². The molecule has 0 saturated carbocycles. The van der Waals surface area contributed by atoms with E-state index in [0.717, 1.165) is 12.0 Å². The van der Waals surface area contributed by atoms with Crippen LogP contribution in [0.4, 0.5) is 0 Å². The van der Waals surface area contributed by atoms with Crippen molar-refractivity contribution in [1.82, 2.24) is 4.72 Å². The molecule has 5 aliphatic rings. The third kappa shape index (κ3) is 9.77. The molecule has 0 unspecified atom stereocenters. The van der Waals surface area contributed by atoms with Gasteiger partial charge < -0.3 is 39.0 Å². The Morgan fingerprint density at radius 3 is 2.16 bits per heavy atom. The first-order chi connectivity index (χ1) is 29.5. The van der Waals surface area contributed by atoms with Gasteiger partial charge in [0.2, 0.25) is 10.0 Å². The van der Waals surface area contributed by atoms with Crippen LogP contribution in [0, 0.1) is 48.3 Å². The number of carboxylic acid groups (broad SMARTS) is 1. The van der Waals surface area contributed by atoms with Crippen LogP contribution in [0.3, 0.4) is 0 Å². The van der Waals surface area contributed by atoms with Crippen LogP contribution in [0.25, 0.3) is 0 Å². The van der Waals surface area contributed by atoms with E-state index in [0.29, 0.717) is 57.8 Å². The maximum absolute atomic E-state index is 14.7. The van der Waals surface area contributed by atoms with Crippen LogP contribution in [-0.4, -0.2) is 101 Å². The molecule has 14 heteroatoms. The van der Waals surface area contributed by atoms with Gasteiger partial charge in [0, 0.05) is 30.1 Å². The highest BCUT2D eigenvalue weighted by atomic mass is 32.2. The first-order valence-electron chi connectivity index (χ1n) is 23.8. The van der Waals surface area contributed by atoms with Crippen LogP contribution in [0.2, 0.25) is 0 Å². The van der Waals surface area contributed by atoms with Crippen LogP contribution < -0.4 is 4.72 Å². The number of carbonyl (C=O) groups excluding carboxylic acids is 1. The summed E-state index contributed by atoms with van der Waals surface area (Å²) in [4.78, 5) is 26.9. The first-order valence-corrected chi connectivity index (χ1v) is 25.3. The maximum atomic E-state index is 14.7. The summed E-state index contributed by atoms with van der Waals surface area (Å²) in [6, 6.07) is 5.70. The van der Waals surface area contributed by atoms with E-state index >= 15 is 0 Å². The Balaban J connectivity index is 1.27. The summed E-state index contributed by atoms with van der Waals surface area (Å²) in [5.41, 5.74) is -0.925. The van der Waals surface area contributed by atoms with E-state index in [1.54, 1.807) is 43.3 Å². The normalized spacial score (nSPS) is 40.9. The molecule has 1 aromatic carbocycles. The number of carboxylic acids is 1. The Morgan fingerprint density at radius 1 is 0.889 bits per heavy atom.